The second-order valence-electron chi connectivity index (χ2n) is 4.35. The standard InChI is InChI=1S/C13H26N4O/c1-4-12-10-13(17(5-2)15-12)11-16(7-6-14)8-9-18-3/h10H,4-9,11,14H2,1-3H3. The quantitative estimate of drug-likeness (QED) is 0.710. The highest BCUT2D eigenvalue weighted by molar-refractivity contribution is 5.10. The Morgan fingerprint density at radius 3 is 2.72 bits per heavy atom. The number of nitrogens with zero attached hydrogens (tertiary/aromatic N) is 3. The number of ether oxygens (including phenoxy) is 1. The van der Waals surface area contributed by atoms with Crippen LogP contribution in [-0.4, -0.2) is 48.0 Å². The summed E-state index contributed by atoms with van der Waals surface area (Å²) in [6.07, 6.45) is 0.981. The average molecular weight is 254 g/mol. The molecule has 0 saturated carbocycles. The first-order valence-electron chi connectivity index (χ1n) is 6.72. The highest BCUT2D eigenvalue weighted by Crippen LogP contribution is 2.09. The van der Waals surface area contributed by atoms with Crippen LogP contribution in [0.15, 0.2) is 6.07 Å². The van der Waals surface area contributed by atoms with Crippen molar-refractivity contribution in [1.82, 2.24) is 14.7 Å². The molecule has 2 N–H and O–H groups in total. The molecule has 0 aliphatic heterocycles. The van der Waals surface area contributed by atoms with Gasteiger partial charge in [-0.05, 0) is 19.4 Å². The lowest BCUT2D eigenvalue weighted by atomic mass is 10.3. The van der Waals surface area contributed by atoms with E-state index in [4.69, 9.17) is 10.5 Å². The van der Waals surface area contributed by atoms with Crippen LogP contribution in [0.5, 0.6) is 0 Å². The minimum atomic E-state index is 0.671. The summed E-state index contributed by atoms with van der Waals surface area (Å²) >= 11 is 0. The molecule has 0 unspecified atom stereocenters. The summed E-state index contributed by atoms with van der Waals surface area (Å²) in [6, 6.07) is 2.19. The maximum Gasteiger partial charge on any atom is 0.0625 e. The highest BCUT2D eigenvalue weighted by Gasteiger charge is 2.10. The molecule has 1 heterocycles. The van der Waals surface area contributed by atoms with Gasteiger partial charge in [-0.2, -0.15) is 5.10 Å². The predicted molar refractivity (Wildman–Crippen MR) is 73.5 cm³/mol. The first-order chi connectivity index (χ1) is 8.74. The van der Waals surface area contributed by atoms with Crippen LogP contribution in [0.3, 0.4) is 0 Å². The number of aryl methyl sites for hydroxylation is 2. The average Bonchev–Trinajstić information content (AvgIpc) is 2.78. The van der Waals surface area contributed by atoms with Crippen molar-refractivity contribution in [3.63, 3.8) is 0 Å². The second kappa shape index (κ2) is 8.24. The van der Waals surface area contributed by atoms with Crippen molar-refractivity contribution in [2.45, 2.75) is 33.4 Å². The van der Waals surface area contributed by atoms with Crippen LogP contribution >= 0.6 is 0 Å². The number of methoxy groups -OCH3 is 1. The van der Waals surface area contributed by atoms with E-state index in [1.165, 1.54) is 5.69 Å². The van der Waals surface area contributed by atoms with E-state index in [9.17, 15) is 0 Å². The van der Waals surface area contributed by atoms with Gasteiger partial charge in [0.05, 0.1) is 18.0 Å². The van der Waals surface area contributed by atoms with Gasteiger partial charge in [0.25, 0.3) is 0 Å². The van der Waals surface area contributed by atoms with Crippen molar-refractivity contribution in [3.05, 3.63) is 17.5 Å². The highest BCUT2D eigenvalue weighted by atomic mass is 16.5. The van der Waals surface area contributed by atoms with E-state index < -0.39 is 0 Å². The fourth-order valence-electron chi connectivity index (χ4n) is 1.99. The Morgan fingerprint density at radius 1 is 1.39 bits per heavy atom. The van der Waals surface area contributed by atoms with Gasteiger partial charge >= 0.3 is 0 Å². The van der Waals surface area contributed by atoms with Crippen LogP contribution in [0.2, 0.25) is 0 Å². The molecular formula is C13H26N4O. The summed E-state index contributed by atoms with van der Waals surface area (Å²) in [5.41, 5.74) is 8.07. The molecule has 0 saturated heterocycles. The molecule has 0 amide bonds. The monoisotopic (exact) mass is 254 g/mol. The Labute approximate surface area is 110 Å². The largest absolute Gasteiger partial charge is 0.383 e. The van der Waals surface area contributed by atoms with E-state index >= 15 is 0 Å². The van der Waals surface area contributed by atoms with Crippen molar-refractivity contribution >= 4 is 0 Å². The van der Waals surface area contributed by atoms with E-state index in [0.29, 0.717) is 6.54 Å². The second-order valence-corrected chi connectivity index (χ2v) is 4.35. The van der Waals surface area contributed by atoms with Crippen LogP contribution in [0.25, 0.3) is 0 Å². The van der Waals surface area contributed by atoms with Crippen LogP contribution < -0.4 is 5.73 Å². The van der Waals surface area contributed by atoms with Crippen LogP contribution in [0.4, 0.5) is 0 Å². The van der Waals surface area contributed by atoms with Crippen LogP contribution in [0, 0.1) is 0 Å². The molecule has 0 aliphatic carbocycles. The minimum Gasteiger partial charge on any atom is -0.383 e. The van der Waals surface area contributed by atoms with Crippen LogP contribution in [-0.2, 0) is 24.2 Å². The summed E-state index contributed by atoms with van der Waals surface area (Å²) in [6.45, 7) is 9.26. The third-order valence-electron chi connectivity index (χ3n) is 3.02. The third-order valence-corrected chi connectivity index (χ3v) is 3.02. The molecule has 0 aliphatic rings. The number of hydrogen-bond acceptors (Lipinski definition) is 4. The van der Waals surface area contributed by atoms with Crippen molar-refractivity contribution < 1.29 is 4.74 Å². The summed E-state index contributed by atoms with van der Waals surface area (Å²) in [4.78, 5) is 2.31. The fourth-order valence-corrected chi connectivity index (χ4v) is 1.99. The Kier molecular flexibility index (Phi) is 6.93. The predicted octanol–water partition coefficient (Wildman–Crippen LogP) is 0.873. The van der Waals surface area contributed by atoms with Gasteiger partial charge in [-0.25, -0.2) is 0 Å². The Balaban J connectivity index is 2.68. The molecule has 0 aromatic carbocycles. The zero-order valence-electron chi connectivity index (χ0n) is 11.9. The molecule has 0 atom stereocenters. The van der Waals surface area contributed by atoms with Gasteiger partial charge in [-0.15, -0.1) is 0 Å². The number of rotatable bonds is 9. The Hall–Kier alpha value is -0.910. The first-order valence-corrected chi connectivity index (χ1v) is 6.72. The van der Waals surface area contributed by atoms with E-state index in [0.717, 1.165) is 44.9 Å². The molecule has 5 nitrogen and oxygen atoms in total. The topological polar surface area (TPSA) is 56.3 Å². The van der Waals surface area contributed by atoms with Gasteiger partial charge in [0.15, 0.2) is 0 Å². The summed E-state index contributed by atoms with van der Waals surface area (Å²) in [5.74, 6) is 0. The number of hydrogen-bond donors (Lipinski definition) is 1. The number of aromatic nitrogens is 2. The van der Waals surface area contributed by atoms with Crippen molar-refractivity contribution in [3.8, 4) is 0 Å². The molecule has 1 aromatic rings. The summed E-state index contributed by atoms with van der Waals surface area (Å²) in [5, 5.41) is 4.57. The van der Waals surface area contributed by atoms with E-state index in [1.807, 2.05) is 0 Å². The normalized spacial score (nSPS) is 11.4. The van der Waals surface area contributed by atoms with Gasteiger partial charge in [0.2, 0.25) is 0 Å². The smallest absolute Gasteiger partial charge is 0.0625 e. The van der Waals surface area contributed by atoms with Gasteiger partial charge in [-0.3, -0.25) is 9.58 Å². The Bertz CT molecular complexity index is 338. The number of nitrogens with two attached hydrogens (primary N) is 1. The van der Waals surface area contributed by atoms with Gasteiger partial charge < -0.3 is 10.5 Å². The maximum atomic E-state index is 5.65. The lowest BCUT2D eigenvalue weighted by molar-refractivity contribution is 0.144. The van der Waals surface area contributed by atoms with Crippen molar-refractivity contribution in [2.75, 3.05) is 33.4 Å². The fraction of sp³-hybridized carbons (Fsp3) is 0.769. The summed E-state index contributed by atoms with van der Waals surface area (Å²) < 4.78 is 7.21. The van der Waals surface area contributed by atoms with Gasteiger partial charge in [0, 0.05) is 39.8 Å². The zero-order chi connectivity index (χ0) is 13.4. The molecule has 1 rings (SSSR count). The van der Waals surface area contributed by atoms with Crippen molar-refractivity contribution in [1.29, 1.82) is 0 Å². The lowest BCUT2D eigenvalue weighted by Gasteiger charge is -2.21. The molecule has 0 spiro atoms. The first kappa shape index (κ1) is 15.1. The van der Waals surface area contributed by atoms with Crippen molar-refractivity contribution in [2.24, 2.45) is 5.73 Å². The van der Waals surface area contributed by atoms with Gasteiger partial charge in [0.1, 0.15) is 0 Å². The third kappa shape index (κ3) is 4.40. The summed E-state index contributed by atoms with van der Waals surface area (Å²) in [7, 11) is 1.73. The molecule has 1 aromatic heterocycles. The van der Waals surface area contributed by atoms with Crippen LogP contribution in [0.1, 0.15) is 25.2 Å². The van der Waals surface area contributed by atoms with E-state index in [1.54, 1.807) is 7.11 Å². The zero-order valence-corrected chi connectivity index (χ0v) is 11.9. The van der Waals surface area contributed by atoms with Gasteiger partial charge in [-0.1, -0.05) is 6.92 Å². The molecule has 5 heteroatoms. The molecule has 0 fully saturated rings. The Morgan fingerprint density at radius 2 is 2.17 bits per heavy atom. The molecule has 0 radical (unpaired) electrons. The maximum absolute atomic E-state index is 5.65. The molecule has 0 bridgehead atoms. The SMILES string of the molecule is CCc1cc(CN(CCN)CCOC)n(CC)n1. The minimum absolute atomic E-state index is 0.671. The molecule has 104 valence electrons. The molecular weight excluding hydrogens is 228 g/mol. The lowest BCUT2D eigenvalue weighted by Crippen LogP contribution is -2.32. The van der Waals surface area contributed by atoms with E-state index in [-0.39, 0.29) is 0 Å². The van der Waals surface area contributed by atoms with E-state index in [2.05, 4.69) is 34.6 Å². The molecule has 18 heavy (non-hydrogen) atoms.